The lowest BCUT2D eigenvalue weighted by molar-refractivity contribution is -0.193. The first-order valence-electron chi connectivity index (χ1n) is 7.05. The van der Waals surface area contributed by atoms with Crippen molar-refractivity contribution in [3.8, 4) is 0 Å². The Morgan fingerprint density at radius 1 is 0.650 bits per heavy atom. The molecule has 0 aromatic rings. The fourth-order valence-corrected chi connectivity index (χ4v) is 4.61. The molecule has 0 N–H and O–H groups in total. The Morgan fingerprint density at radius 2 is 1.10 bits per heavy atom. The van der Waals surface area contributed by atoms with Crippen LogP contribution in [-0.2, 0) is 28.7 Å². The van der Waals surface area contributed by atoms with Crippen molar-refractivity contribution in [2.75, 3.05) is 0 Å². The van der Waals surface area contributed by atoms with Crippen molar-refractivity contribution in [2.45, 2.75) is 25.7 Å². The molecule has 4 aliphatic rings. The van der Waals surface area contributed by atoms with Crippen LogP contribution in [0.25, 0.3) is 0 Å². The van der Waals surface area contributed by atoms with Crippen LogP contribution < -0.4 is 0 Å². The van der Waals surface area contributed by atoms with Crippen LogP contribution in [0.3, 0.4) is 0 Å². The molecular formula is C14H14O6. The predicted octanol–water partition coefficient (Wildman–Crippen LogP) is 0.438. The van der Waals surface area contributed by atoms with Crippen LogP contribution in [0.2, 0.25) is 0 Å². The molecule has 2 saturated heterocycles. The molecule has 2 aliphatic heterocycles. The molecule has 0 spiro atoms. The number of hydrogen-bond acceptors (Lipinski definition) is 6. The number of carbonyl (C=O) groups is 4. The Bertz CT molecular complexity index is 492. The molecule has 6 nitrogen and oxygen atoms in total. The van der Waals surface area contributed by atoms with Crippen molar-refractivity contribution >= 4 is 23.9 Å². The van der Waals surface area contributed by atoms with E-state index in [-0.39, 0.29) is 23.7 Å². The average Bonchev–Trinajstić information content (AvgIpc) is 2.41. The van der Waals surface area contributed by atoms with Gasteiger partial charge >= 0.3 is 23.9 Å². The van der Waals surface area contributed by atoms with Gasteiger partial charge in [-0.3, -0.25) is 19.2 Å². The molecule has 4 unspecified atom stereocenters. The maximum Gasteiger partial charge on any atom is 0.316 e. The molecule has 4 fully saturated rings. The minimum Gasteiger partial charge on any atom is -0.393 e. The summed E-state index contributed by atoms with van der Waals surface area (Å²) in [6.45, 7) is 0. The largest absolute Gasteiger partial charge is 0.393 e. The van der Waals surface area contributed by atoms with Gasteiger partial charge in [-0.05, 0) is 37.5 Å². The van der Waals surface area contributed by atoms with E-state index in [2.05, 4.69) is 0 Å². The predicted molar refractivity (Wildman–Crippen MR) is 61.6 cm³/mol. The normalized spacial score (nSPS) is 46.4. The lowest BCUT2D eigenvalue weighted by Crippen LogP contribution is -2.55. The first-order chi connectivity index (χ1) is 9.54. The molecule has 2 aliphatic carbocycles. The highest BCUT2D eigenvalue weighted by molar-refractivity contribution is 5.94. The smallest absolute Gasteiger partial charge is 0.316 e. The highest BCUT2D eigenvalue weighted by Gasteiger charge is 2.58. The molecule has 20 heavy (non-hydrogen) atoms. The zero-order valence-corrected chi connectivity index (χ0v) is 10.7. The van der Waals surface area contributed by atoms with Gasteiger partial charge in [0.2, 0.25) is 0 Å². The number of hydrogen-bond donors (Lipinski definition) is 0. The SMILES string of the molecule is O=C1OC(=O)C2CC1CC1CC3CC(C(=O)OC3=O)C12. The highest BCUT2D eigenvalue weighted by atomic mass is 16.6. The zero-order valence-electron chi connectivity index (χ0n) is 10.7. The number of ether oxygens (including phenoxy) is 2. The third-order valence-electron chi connectivity index (χ3n) is 5.40. The number of cyclic esters (lactones) is 4. The zero-order chi connectivity index (χ0) is 14.0. The first kappa shape index (κ1) is 12.1. The highest BCUT2D eigenvalue weighted by Crippen LogP contribution is 2.54. The van der Waals surface area contributed by atoms with E-state index in [4.69, 9.17) is 9.47 Å². The van der Waals surface area contributed by atoms with Crippen LogP contribution in [0.1, 0.15) is 25.7 Å². The van der Waals surface area contributed by atoms with Crippen molar-refractivity contribution in [1.29, 1.82) is 0 Å². The summed E-state index contributed by atoms with van der Waals surface area (Å²) in [5.41, 5.74) is 0. The average molecular weight is 278 g/mol. The molecule has 4 bridgehead atoms. The van der Waals surface area contributed by atoms with Gasteiger partial charge in [-0.15, -0.1) is 0 Å². The van der Waals surface area contributed by atoms with Crippen LogP contribution in [0, 0.1) is 35.5 Å². The Morgan fingerprint density at radius 3 is 1.55 bits per heavy atom. The van der Waals surface area contributed by atoms with Gasteiger partial charge in [0, 0.05) is 0 Å². The van der Waals surface area contributed by atoms with E-state index < -0.39 is 35.7 Å². The van der Waals surface area contributed by atoms with Crippen molar-refractivity contribution in [3.63, 3.8) is 0 Å². The van der Waals surface area contributed by atoms with Gasteiger partial charge in [0.05, 0.1) is 23.7 Å². The van der Waals surface area contributed by atoms with Crippen molar-refractivity contribution < 1.29 is 28.7 Å². The summed E-state index contributed by atoms with van der Waals surface area (Å²) in [6.07, 6.45) is 2.17. The van der Waals surface area contributed by atoms with Crippen molar-refractivity contribution in [2.24, 2.45) is 35.5 Å². The molecule has 4 atom stereocenters. The van der Waals surface area contributed by atoms with E-state index in [1.165, 1.54) is 0 Å². The summed E-state index contributed by atoms with van der Waals surface area (Å²) in [7, 11) is 0. The molecule has 4 rings (SSSR count). The number of fused-ring (bicyclic) bond motifs is 7. The third-order valence-corrected chi connectivity index (χ3v) is 5.40. The second-order valence-corrected chi connectivity index (χ2v) is 6.37. The molecule has 2 heterocycles. The third kappa shape index (κ3) is 1.50. The summed E-state index contributed by atoms with van der Waals surface area (Å²) < 4.78 is 9.60. The quantitative estimate of drug-likeness (QED) is 0.472. The van der Waals surface area contributed by atoms with Gasteiger partial charge in [-0.25, -0.2) is 0 Å². The molecule has 0 aromatic heterocycles. The Kier molecular flexibility index (Phi) is 2.35. The topological polar surface area (TPSA) is 86.7 Å². The summed E-state index contributed by atoms with van der Waals surface area (Å²) in [4.78, 5) is 47.2. The summed E-state index contributed by atoms with van der Waals surface area (Å²) >= 11 is 0. The lowest BCUT2D eigenvalue weighted by atomic mass is 9.55. The molecule has 0 aromatic carbocycles. The summed E-state index contributed by atoms with van der Waals surface area (Å²) in [5, 5.41) is 0. The second kappa shape index (κ2) is 3.90. The molecule has 0 amide bonds. The maximum absolute atomic E-state index is 11.9. The maximum atomic E-state index is 11.9. The molecule has 6 heteroatoms. The minimum absolute atomic E-state index is 0.0658. The van der Waals surface area contributed by atoms with Crippen LogP contribution >= 0.6 is 0 Å². The van der Waals surface area contributed by atoms with E-state index >= 15 is 0 Å². The van der Waals surface area contributed by atoms with E-state index in [1.807, 2.05) is 0 Å². The Balaban J connectivity index is 1.71. The number of carbonyl (C=O) groups excluding carboxylic acids is 4. The number of esters is 4. The lowest BCUT2D eigenvalue weighted by Gasteiger charge is -2.50. The Labute approximate surface area is 114 Å². The first-order valence-corrected chi connectivity index (χ1v) is 7.05. The van der Waals surface area contributed by atoms with Crippen molar-refractivity contribution in [1.82, 2.24) is 0 Å². The summed E-state index contributed by atoms with van der Waals surface area (Å²) in [5.74, 6) is -3.31. The molecule has 2 saturated carbocycles. The standard InChI is InChI=1S/C14H14O6/c15-11-6-1-5-2-7-4-9(14(18)20-12(7)16)10(5)8(3-6)13(17)19-11/h5-10H,1-4H2. The van der Waals surface area contributed by atoms with Crippen LogP contribution in [0.4, 0.5) is 0 Å². The van der Waals surface area contributed by atoms with E-state index in [0.717, 1.165) is 0 Å². The van der Waals surface area contributed by atoms with Crippen molar-refractivity contribution in [3.05, 3.63) is 0 Å². The monoisotopic (exact) mass is 278 g/mol. The van der Waals surface area contributed by atoms with Gasteiger partial charge in [-0.2, -0.15) is 0 Å². The number of rotatable bonds is 0. The van der Waals surface area contributed by atoms with E-state index in [9.17, 15) is 19.2 Å². The van der Waals surface area contributed by atoms with Crippen LogP contribution in [0.15, 0.2) is 0 Å². The van der Waals surface area contributed by atoms with E-state index in [0.29, 0.717) is 25.7 Å². The molecule has 106 valence electrons. The van der Waals surface area contributed by atoms with Gasteiger partial charge in [0.15, 0.2) is 0 Å². The summed E-state index contributed by atoms with van der Waals surface area (Å²) in [6, 6.07) is 0. The van der Waals surface area contributed by atoms with E-state index in [1.54, 1.807) is 0 Å². The van der Waals surface area contributed by atoms with Gasteiger partial charge in [-0.1, -0.05) is 0 Å². The second-order valence-electron chi connectivity index (χ2n) is 6.37. The van der Waals surface area contributed by atoms with Crippen LogP contribution in [-0.4, -0.2) is 23.9 Å². The fraction of sp³-hybridized carbons (Fsp3) is 0.714. The van der Waals surface area contributed by atoms with Gasteiger partial charge in [0.25, 0.3) is 0 Å². The van der Waals surface area contributed by atoms with Gasteiger partial charge < -0.3 is 9.47 Å². The molecular weight excluding hydrogens is 264 g/mol. The Hall–Kier alpha value is -1.72. The minimum atomic E-state index is -0.510. The van der Waals surface area contributed by atoms with Gasteiger partial charge in [0.1, 0.15) is 0 Å². The molecule has 0 radical (unpaired) electrons. The van der Waals surface area contributed by atoms with Crippen LogP contribution in [0.5, 0.6) is 0 Å². The fourth-order valence-electron chi connectivity index (χ4n) is 4.61.